The van der Waals surface area contributed by atoms with Crippen LogP contribution in [0.25, 0.3) is 0 Å². The molecule has 1 heterocycles. The van der Waals surface area contributed by atoms with E-state index in [0.717, 1.165) is 12.8 Å². The summed E-state index contributed by atoms with van der Waals surface area (Å²) in [5, 5.41) is 3.07. The maximum Gasteiger partial charge on any atom is 0.242 e. The topological polar surface area (TPSA) is 52.7 Å². The molecule has 2 atom stereocenters. The Labute approximate surface area is 151 Å². The minimum atomic E-state index is -0.323. The molecule has 25 heavy (non-hydrogen) atoms. The molecule has 1 aliphatic heterocycles. The van der Waals surface area contributed by atoms with Gasteiger partial charge in [-0.05, 0) is 39.4 Å². The van der Waals surface area contributed by atoms with E-state index in [1.807, 2.05) is 27.9 Å². The van der Waals surface area contributed by atoms with Crippen LogP contribution in [0.1, 0.15) is 43.9 Å². The monoisotopic (exact) mass is 345 g/mol. The average Bonchev–Trinajstić information content (AvgIpc) is 3.05. The van der Waals surface area contributed by atoms with E-state index < -0.39 is 0 Å². The number of likely N-dealkylation sites (N-methyl/N-ethyl adjacent to an activating group) is 1. The van der Waals surface area contributed by atoms with Crippen LogP contribution < -0.4 is 5.32 Å². The van der Waals surface area contributed by atoms with Gasteiger partial charge in [0, 0.05) is 19.0 Å². The first-order chi connectivity index (χ1) is 11.8. The van der Waals surface area contributed by atoms with Crippen molar-refractivity contribution in [3.8, 4) is 0 Å². The van der Waals surface area contributed by atoms with E-state index in [0.29, 0.717) is 13.1 Å². The highest BCUT2D eigenvalue weighted by atomic mass is 16.2. The van der Waals surface area contributed by atoms with Gasteiger partial charge in [-0.2, -0.15) is 0 Å². The number of rotatable bonds is 6. The third-order valence-electron chi connectivity index (χ3n) is 4.89. The van der Waals surface area contributed by atoms with Crippen molar-refractivity contribution in [3.63, 3.8) is 0 Å². The molecular weight excluding hydrogens is 314 g/mol. The molecule has 1 N–H and O–H groups in total. The molecule has 1 aliphatic rings. The summed E-state index contributed by atoms with van der Waals surface area (Å²) in [4.78, 5) is 28.8. The van der Waals surface area contributed by atoms with Gasteiger partial charge in [0.15, 0.2) is 0 Å². The molecule has 138 valence electrons. The van der Waals surface area contributed by atoms with Crippen molar-refractivity contribution in [1.29, 1.82) is 0 Å². The van der Waals surface area contributed by atoms with Gasteiger partial charge in [-0.15, -0.1) is 0 Å². The second-order valence-corrected chi connectivity index (χ2v) is 7.48. The molecule has 0 saturated carbocycles. The summed E-state index contributed by atoms with van der Waals surface area (Å²) in [6, 6.07) is 8.18. The first kappa shape index (κ1) is 19.4. The van der Waals surface area contributed by atoms with E-state index in [4.69, 9.17) is 0 Å². The van der Waals surface area contributed by atoms with Crippen LogP contribution in [0, 0.1) is 12.8 Å². The summed E-state index contributed by atoms with van der Waals surface area (Å²) in [6.45, 7) is 7.06. The fourth-order valence-electron chi connectivity index (χ4n) is 3.34. The van der Waals surface area contributed by atoms with Crippen LogP contribution in [0.3, 0.4) is 0 Å². The number of amides is 2. The van der Waals surface area contributed by atoms with Gasteiger partial charge in [-0.3, -0.25) is 9.59 Å². The molecule has 2 amide bonds. The van der Waals surface area contributed by atoms with Gasteiger partial charge in [0.05, 0.1) is 6.04 Å². The van der Waals surface area contributed by atoms with Crippen molar-refractivity contribution in [2.45, 2.75) is 45.7 Å². The second-order valence-electron chi connectivity index (χ2n) is 7.48. The van der Waals surface area contributed by atoms with Crippen molar-refractivity contribution >= 4 is 11.8 Å². The van der Waals surface area contributed by atoms with Gasteiger partial charge in [0.2, 0.25) is 11.8 Å². The molecule has 5 nitrogen and oxygen atoms in total. The first-order valence-electron chi connectivity index (χ1n) is 9.12. The van der Waals surface area contributed by atoms with Gasteiger partial charge in [0.1, 0.15) is 6.04 Å². The van der Waals surface area contributed by atoms with Crippen molar-refractivity contribution < 1.29 is 9.59 Å². The van der Waals surface area contributed by atoms with Crippen LogP contribution >= 0.6 is 0 Å². The molecule has 1 fully saturated rings. The number of nitrogens with one attached hydrogen (secondary N) is 1. The van der Waals surface area contributed by atoms with Crippen LogP contribution in [0.5, 0.6) is 0 Å². The Morgan fingerprint density at radius 1 is 1.24 bits per heavy atom. The van der Waals surface area contributed by atoms with Crippen molar-refractivity contribution in [3.05, 3.63) is 35.4 Å². The number of aryl methyl sites for hydroxylation is 1. The largest absolute Gasteiger partial charge is 0.352 e. The number of nitrogens with zero attached hydrogens (tertiary/aromatic N) is 2. The highest BCUT2D eigenvalue weighted by Gasteiger charge is 2.35. The summed E-state index contributed by atoms with van der Waals surface area (Å²) in [5.74, 6) is -0.0405. The Morgan fingerprint density at radius 3 is 2.44 bits per heavy atom. The molecule has 5 heteroatoms. The van der Waals surface area contributed by atoms with Crippen LogP contribution in [0.15, 0.2) is 24.3 Å². The molecular formula is C20H31N3O2. The quantitative estimate of drug-likeness (QED) is 0.861. The molecule has 0 bridgehead atoms. The summed E-state index contributed by atoms with van der Waals surface area (Å²) in [6.07, 6.45) is 1.65. The summed E-state index contributed by atoms with van der Waals surface area (Å²) in [5.41, 5.74) is 2.40. The fourth-order valence-corrected chi connectivity index (χ4v) is 3.34. The van der Waals surface area contributed by atoms with E-state index >= 15 is 0 Å². The molecule has 1 saturated heterocycles. The molecule has 1 aromatic rings. The van der Waals surface area contributed by atoms with Crippen LogP contribution in [0.4, 0.5) is 0 Å². The third-order valence-corrected chi connectivity index (χ3v) is 4.89. The molecule has 0 radical (unpaired) electrons. The Morgan fingerprint density at radius 2 is 1.88 bits per heavy atom. The number of benzene rings is 1. The maximum atomic E-state index is 12.7. The zero-order valence-electron chi connectivity index (χ0n) is 16.1. The van der Waals surface area contributed by atoms with Crippen molar-refractivity contribution in [2.75, 3.05) is 27.2 Å². The summed E-state index contributed by atoms with van der Waals surface area (Å²) in [7, 11) is 4.03. The maximum absolute atomic E-state index is 12.7. The molecule has 0 spiro atoms. The Balaban J connectivity index is 2.01. The molecule has 1 aromatic carbocycles. The minimum absolute atomic E-state index is 0.0366. The lowest BCUT2D eigenvalue weighted by molar-refractivity contribution is -0.140. The van der Waals surface area contributed by atoms with Gasteiger partial charge >= 0.3 is 0 Å². The fraction of sp³-hybridized carbons (Fsp3) is 0.600. The lowest BCUT2D eigenvalue weighted by Gasteiger charge is -2.28. The average molecular weight is 345 g/mol. The number of likely N-dealkylation sites (tertiary alicyclic amines) is 1. The molecule has 2 rings (SSSR count). The molecule has 0 unspecified atom stereocenters. The Kier molecular flexibility index (Phi) is 6.59. The summed E-state index contributed by atoms with van der Waals surface area (Å²) < 4.78 is 0. The van der Waals surface area contributed by atoms with Gasteiger partial charge in [-0.1, -0.05) is 43.7 Å². The first-order valence-corrected chi connectivity index (χ1v) is 9.12. The zero-order valence-corrected chi connectivity index (χ0v) is 16.1. The minimum Gasteiger partial charge on any atom is -0.352 e. The van der Waals surface area contributed by atoms with Gasteiger partial charge in [0.25, 0.3) is 0 Å². The lowest BCUT2D eigenvalue weighted by Crippen LogP contribution is -2.48. The Hall–Kier alpha value is -1.88. The van der Waals surface area contributed by atoms with Crippen LogP contribution in [-0.2, 0) is 9.59 Å². The Bertz CT molecular complexity index is 595. The van der Waals surface area contributed by atoms with Gasteiger partial charge in [-0.25, -0.2) is 0 Å². The highest BCUT2D eigenvalue weighted by molar-refractivity contribution is 5.88. The van der Waals surface area contributed by atoms with Gasteiger partial charge < -0.3 is 15.1 Å². The normalized spacial score (nSPS) is 18.7. The SMILES string of the molecule is Cc1ccc([C@H](CNC(=O)[C@H]2CCCN2C(=O)C(C)C)N(C)C)cc1. The number of carbonyl (C=O) groups is 2. The molecule has 0 aliphatic carbocycles. The lowest BCUT2D eigenvalue weighted by atomic mass is 10.0. The number of hydrogen-bond donors (Lipinski definition) is 1. The third kappa shape index (κ3) is 4.82. The van der Waals surface area contributed by atoms with Crippen LogP contribution in [-0.4, -0.2) is 54.8 Å². The predicted octanol–water partition coefficient (Wildman–Crippen LogP) is 2.36. The van der Waals surface area contributed by atoms with Crippen molar-refractivity contribution in [1.82, 2.24) is 15.1 Å². The van der Waals surface area contributed by atoms with E-state index in [1.165, 1.54) is 11.1 Å². The second kappa shape index (κ2) is 8.48. The highest BCUT2D eigenvalue weighted by Crippen LogP contribution is 2.21. The van der Waals surface area contributed by atoms with E-state index in [-0.39, 0.29) is 29.8 Å². The molecule has 0 aromatic heterocycles. The summed E-state index contributed by atoms with van der Waals surface area (Å²) >= 11 is 0. The van der Waals surface area contributed by atoms with Crippen LogP contribution in [0.2, 0.25) is 0 Å². The standard InChI is InChI=1S/C20H31N3O2/c1-14(2)20(25)23-12-6-7-17(23)19(24)21-13-18(22(4)5)16-10-8-15(3)9-11-16/h8-11,14,17-18H,6-7,12-13H2,1-5H3,(H,21,24)/t17-,18+/m1/s1. The van der Waals surface area contributed by atoms with E-state index in [2.05, 4.69) is 41.4 Å². The number of carbonyl (C=O) groups excluding carboxylic acids is 2. The zero-order chi connectivity index (χ0) is 18.6. The van der Waals surface area contributed by atoms with E-state index in [1.54, 1.807) is 4.90 Å². The predicted molar refractivity (Wildman–Crippen MR) is 100 cm³/mol. The van der Waals surface area contributed by atoms with E-state index in [9.17, 15) is 9.59 Å². The number of hydrogen-bond acceptors (Lipinski definition) is 3. The smallest absolute Gasteiger partial charge is 0.242 e. The van der Waals surface area contributed by atoms with Crippen molar-refractivity contribution in [2.24, 2.45) is 5.92 Å².